The summed E-state index contributed by atoms with van der Waals surface area (Å²) < 4.78 is 5.54. The largest absolute Gasteiger partial charge is 0.364 e. The molecule has 0 spiro atoms. The molecule has 0 saturated heterocycles. The average molecular weight is 281 g/mol. The fraction of sp³-hybridized carbons (Fsp3) is 0.0909. The summed E-state index contributed by atoms with van der Waals surface area (Å²) in [6.07, 6.45) is 1.44. The van der Waals surface area contributed by atoms with Gasteiger partial charge in [0.25, 0.3) is 5.91 Å². The molecule has 2 aromatic rings. The third kappa shape index (κ3) is 2.14. The first kappa shape index (κ1) is 10.9. The van der Waals surface area contributed by atoms with Crippen molar-refractivity contribution in [2.45, 2.75) is 6.92 Å². The van der Waals surface area contributed by atoms with Crippen LogP contribution in [-0.4, -0.2) is 11.1 Å². The number of hydrogen-bond acceptors (Lipinski definition) is 3. The summed E-state index contributed by atoms with van der Waals surface area (Å²) in [6, 6.07) is 7.37. The second-order valence-electron chi connectivity index (χ2n) is 3.28. The number of hydrogen-bond donors (Lipinski definition) is 1. The van der Waals surface area contributed by atoms with Gasteiger partial charge in [0.05, 0.1) is 5.69 Å². The van der Waals surface area contributed by atoms with E-state index in [1.165, 1.54) is 6.26 Å². The van der Waals surface area contributed by atoms with Gasteiger partial charge in [-0.3, -0.25) is 4.79 Å². The lowest BCUT2D eigenvalue weighted by molar-refractivity contribution is 0.101. The predicted molar refractivity (Wildman–Crippen MR) is 63.3 cm³/mol. The number of aromatic nitrogens is 1. The monoisotopic (exact) mass is 280 g/mol. The van der Waals surface area contributed by atoms with Crippen LogP contribution < -0.4 is 5.32 Å². The van der Waals surface area contributed by atoms with Crippen molar-refractivity contribution >= 4 is 27.5 Å². The van der Waals surface area contributed by atoms with Crippen molar-refractivity contribution in [2.75, 3.05) is 5.32 Å². The van der Waals surface area contributed by atoms with Gasteiger partial charge in [0.15, 0.2) is 5.69 Å². The van der Waals surface area contributed by atoms with Crippen molar-refractivity contribution < 1.29 is 9.32 Å². The van der Waals surface area contributed by atoms with Gasteiger partial charge in [0.2, 0.25) is 0 Å². The summed E-state index contributed by atoms with van der Waals surface area (Å²) in [5.41, 5.74) is 1.72. The van der Waals surface area contributed by atoms with Crippen LogP contribution >= 0.6 is 15.9 Å². The van der Waals surface area contributed by atoms with Crippen molar-refractivity contribution in [3.8, 4) is 0 Å². The molecule has 0 aliphatic heterocycles. The van der Waals surface area contributed by atoms with Gasteiger partial charge in [-0.25, -0.2) is 0 Å². The maximum atomic E-state index is 11.8. The van der Waals surface area contributed by atoms with E-state index in [0.29, 0.717) is 16.9 Å². The second kappa shape index (κ2) is 4.49. The van der Waals surface area contributed by atoms with Gasteiger partial charge in [-0.05, 0) is 35.0 Å². The van der Waals surface area contributed by atoms with Crippen LogP contribution in [0, 0.1) is 6.92 Å². The number of amides is 1. The minimum absolute atomic E-state index is 0.279. The molecule has 0 radical (unpaired) electrons. The normalized spacial score (nSPS) is 10.1. The van der Waals surface area contributed by atoms with Crippen LogP contribution in [0.1, 0.15) is 16.1 Å². The Balaban J connectivity index is 2.21. The van der Waals surface area contributed by atoms with Crippen molar-refractivity contribution in [1.82, 2.24) is 5.16 Å². The van der Waals surface area contributed by atoms with E-state index in [1.807, 2.05) is 18.2 Å². The molecule has 0 aliphatic rings. The van der Waals surface area contributed by atoms with Crippen LogP contribution in [0.3, 0.4) is 0 Å². The molecule has 82 valence electrons. The zero-order valence-corrected chi connectivity index (χ0v) is 10.1. The van der Waals surface area contributed by atoms with Crippen LogP contribution in [0.2, 0.25) is 0 Å². The van der Waals surface area contributed by atoms with Crippen LogP contribution in [0.5, 0.6) is 0 Å². The Morgan fingerprint density at radius 1 is 1.44 bits per heavy atom. The summed E-state index contributed by atoms with van der Waals surface area (Å²) in [5, 5.41) is 6.38. The molecule has 1 aromatic carbocycles. The van der Waals surface area contributed by atoms with Gasteiger partial charge in [-0.15, -0.1) is 0 Å². The highest BCUT2D eigenvalue weighted by Crippen LogP contribution is 2.22. The molecule has 1 N–H and O–H groups in total. The molecule has 0 bridgehead atoms. The minimum atomic E-state index is -0.279. The number of halogens is 1. The van der Waals surface area contributed by atoms with Gasteiger partial charge in [0.1, 0.15) is 6.26 Å². The molecule has 0 atom stereocenters. The van der Waals surface area contributed by atoms with Crippen LogP contribution in [0.4, 0.5) is 5.69 Å². The van der Waals surface area contributed by atoms with Gasteiger partial charge in [0, 0.05) is 10.0 Å². The van der Waals surface area contributed by atoms with Crippen LogP contribution in [0.25, 0.3) is 0 Å². The Kier molecular flexibility index (Phi) is 3.05. The van der Waals surface area contributed by atoms with Crippen LogP contribution in [0.15, 0.2) is 39.5 Å². The average Bonchev–Trinajstić information content (AvgIpc) is 2.68. The SMILES string of the molecule is Cc1conc1C(=O)Nc1ccccc1Br. The topological polar surface area (TPSA) is 55.1 Å². The molecule has 1 amide bonds. The molecule has 1 heterocycles. The van der Waals surface area contributed by atoms with E-state index in [-0.39, 0.29) is 5.91 Å². The van der Waals surface area contributed by atoms with E-state index in [0.717, 1.165) is 4.47 Å². The molecule has 5 heteroatoms. The minimum Gasteiger partial charge on any atom is -0.364 e. The van der Waals surface area contributed by atoms with Crippen molar-refractivity contribution in [2.24, 2.45) is 0 Å². The van der Waals surface area contributed by atoms with E-state index in [2.05, 4.69) is 26.4 Å². The Morgan fingerprint density at radius 2 is 2.19 bits per heavy atom. The Labute approximate surface area is 101 Å². The molecule has 1 aromatic heterocycles. The highest BCUT2D eigenvalue weighted by molar-refractivity contribution is 9.10. The van der Waals surface area contributed by atoms with Gasteiger partial charge < -0.3 is 9.84 Å². The first-order chi connectivity index (χ1) is 7.68. The number of carbonyl (C=O) groups is 1. The highest BCUT2D eigenvalue weighted by atomic mass is 79.9. The van der Waals surface area contributed by atoms with Gasteiger partial charge in [-0.1, -0.05) is 17.3 Å². The van der Waals surface area contributed by atoms with E-state index in [1.54, 1.807) is 13.0 Å². The smallest absolute Gasteiger partial charge is 0.278 e. The van der Waals surface area contributed by atoms with E-state index >= 15 is 0 Å². The molecule has 0 saturated carbocycles. The summed E-state index contributed by atoms with van der Waals surface area (Å²) in [4.78, 5) is 11.8. The third-order valence-electron chi connectivity index (χ3n) is 2.08. The number of nitrogens with one attached hydrogen (secondary N) is 1. The van der Waals surface area contributed by atoms with E-state index in [4.69, 9.17) is 4.52 Å². The van der Waals surface area contributed by atoms with Gasteiger partial charge in [-0.2, -0.15) is 0 Å². The predicted octanol–water partition coefficient (Wildman–Crippen LogP) is 3.00. The Bertz CT molecular complexity index is 522. The maximum Gasteiger partial charge on any atom is 0.278 e. The van der Waals surface area contributed by atoms with Gasteiger partial charge >= 0.3 is 0 Å². The molecule has 16 heavy (non-hydrogen) atoms. The molecule has 0 aliphatic carbocycles. The van der Waals surface area contributed by atoms with Crippen molar-refractivity contribution in [1.29, 1.82) is 0 Å². The molecule has 0 unspecified atom stereocenters. The summed E-state index contributed by atoms with van der Waals surface area (Å²) >= 11 is 3.35. The molecular formula is C11H9BrN2O2. The molecular weight excluding hydrogens is 272 g/mol. The second-order valence-corrected chi connectivity index (χ2v) is 4.13. The maximum absolute atomic E-state index is 11.8. The molecule has 0 fully saturated rings. The fourth-order valence-electron chi connectivity index (χ4n) is 1.25. The zero-order valence-electron chi connectivity index (χ0n) is 8.53. The van der Waals surface area contributed by atoms with E-state index in [9.17, 15) is 4.79 Å². The Morgan fingerprint density at radius 3 is 2.81 bits per heavy atom. The molecule has 4 nitrogen and oxygen atoms in total. The number of benzene rings is 1. The van der Waals surface area contributed by atoms with E-state index < -0.39 is 0 Å². The van der Waals surface area contributed by atoms with Crippen molar-refractivity contribution in [3.63, 3.8) is 0 Å². The summed E-state index contributed by atoms with van der Waals surface area (Å²) in [6.45, 7) is 1.77. The standard InChI is InChI=1S/C11H9BrN2O2/c1-7-6-16-14-10(7)11(15)13-9-5-3-2-4-8(9)12/h2-6H,1H3,(H,13,15). The molecule has 2 rings (SSSR count). The van der Waals surface area contributed by atoms with Crippen molar-refractivity contribution in [3.05, 3.63) is 46.3 Å². The van der Waals surface area contributed by atoms with Crippen LogP contribution in [-0.2, 0) is 0 Å². The number of nitrogens with zero attached hydrogens (tertiary/aromatic N) is 1. The lowest BCUT2D eigenvalue weighted by atomic mass is 10.2. The number of para-hydroxylation sites is 1. The lowest BCUT2D eigenvalue weighted by Crippen LogP contribution is -2.13. The summed E-state index contributed by atoms with van der Waals surface area (Å²) in [7, 11) is 0. The first-order valence-electron chi connectivity index (χ1n) is 4.65. The highest BCUT2D eigenvalue weighted by Gasteiger charge is 2.14. The summed E-state index contributed by atoms with van der Waals surface area (Å²) in [5.74, 6) is -0.279. The lowest BCUT2D eigenvalue weighted by Gasteiger charge is -2.05. The number of carbonyl (C=O) groups excluding carboxylic acids is 1. The zero-order chi connectivity index (χ0) is 11.5. The quantitative estimate of drug-likeness (QED) is 0.920. The number of aryl methyl sites for hydroxylation is 1. The first-order valence-corrected chi connectivity index (χ1v) is 5.44. The Hall–Kier alpha value is -1.62. The number of rotatable bonds is 2. The third-order valence-corrected chi connectivity index (χ3v) is 2.78. The number of anilines is 1. The fourth-order valence-corrected chi connectivity index (χ4v) is 1.63.